The van der Waals surface area contributed by atoms with Gasteiger partial charge in [-0.1, -0.05) is 30.3 Å². The van der Waals surface area contributed by atoms with E-state index < -0.39 is 18.0 Å². The van der Waals surface area contributed by atoms with E-state index >= 15 is 0 Å². The zero-order chi connectivity index (χ0) is 25.2. The van der Waals surface area contributed by atoms with E-state index in [0.717, 1.165) is 11.8 Å². The summed E-state index contributed by atoms with van der Waals surface area (Å²) in [6.07, 6.45) is -1.07. The Kier molecular flexibility index (Phi) is 8.87. The van der Waals surface area contributed by atoms with Gasteiger partial charge in [0.05, 0.1) is 35.7 Å². The second-order valence-electron chi connectivity index (χ2n) is 7.26. The number of nitriles is 1. The first-order valence-electron chi connectivity index (χ1n) is 10.6. The summed E-state index contributed by atoms with van der Waals surface area (Å²) in [5.74, 6) is -0.966. The number of thioether (sulfide) groups is 1. The molecule has 0 spiro atoms. The SMILES string of the molecule is COc1ccccc1NC(=O)[C@@H](C)OC(=O)c1ccccc1SCC(=O)Nc1cccc(C#N)c1. The van der Waals surface area contributed by atoms with Gasteiger partial charge in [0.1, 0.15) is 5.75 Å². The number of ether oxygens (including phenoxy) is 2. The number of carbonyl (C=O) groups is 3. The van der Waals surface area contributed by atoms with Crippen molar-refractivity contribution in [1.29, 1.82) is 5.26 Å². The van der Waals surface area contributed by atoms with Crippen LogP contribution >= 0.6 is 11.8 Å². The molecule has 0 aromatic heterocycles. The predicted molar refractivity (Wildman–Crippen MR) is 133 cm³/mol. The van der Waals surface area contributed by atoms with Crippen LogP contribution in [0.1, 0.15) is 22.8 Å². The largest absolute Gasteiger partial charge is 0.495 e. The number of nitrogens with one attached hydrogen (secondary N) is 2. The topological polar surface area (TPSA) is 118 Å². The minimum absolute atomic E-state index is 0.0327. The first-order chi connectivity index (χ1) is 16.9. The Morgan fingerprint density at radius 1 is 1.00 bits per heavy atom. The zero-order valence-corrected chi connectivity index (χ0v) is 19.9. The molecule has 3 aromatic carbocycles. The standard InChI is InChI=1S/C26H23N3O5S/c1-17(25(31)29-21-11-4-5-12-22(21)33-2)34-26(32)20-10-3-6-13-23(20)35-16-24(30)28-19-9-7-8-18(14-19)15-27/h3-14,17H,16H2,1-2H3,(H,28,30)(H,29,31)/t17-/m1/s1. The van der Waals surface area contributed by atoms with E-state index in [0.29, 0.717) is 27.6 Å². The first-order valence-corrected chi connectivity index (χ1v) is 11.6. The molecule has 0 aliphatic rings. The normalized spacial score (nSPS) is 11.0. The number of hydrogen-bond acceptors (Lipinski definition) is 7. The van der Waals surface area contributed by atoms with Gasteiger partial charge in [-0.15, -0.1) is 11.8 Å². The van der Waals surface area contributed by atoms with Crippen LogP contribution in [0.4, 0.5) is 11.4 Å². The number of rotatable bonds is 9. The molecule has 3 aromatic rings. The number of esters is 1. The summed E-state index contributed by atoms with van der Waals surface area (Å²) in [4.78, 5) is 38.2. The van der Waals surface area contributed by atoms with Crippen molar-refractivity contribution in [3.63, 3.8) is 0 Å². The fourth-order valence-corrected chi connectivity index (χ4v) is 3.87. The second kappa shape index (κ2) is 12.3. The Morgan fingerprint density at radius 3 is 2.51 bits per heavy atom. The van der Waals surface area contributed by atoms with Crippen molar-refractivity contribution in [1.82, 2.24) is 0 Å². The minimum atomic E-state index is -1.07. The highest BCUT2D eigenvalue weighted by Crippen LogP contribution is 2.25. The third-order valence-electron chi connectivity index (χ3n) is 4.76. The summed E-state index contributed by atoms with van der Waals surface area (Å²) in [7, 11) is 1.49. The number of para-hydroxylation sites is 2. The van der Waals surface area contributed by atoms with Crippen LogP contribution in [0.2, 0.25) is 0 Å². The maximum absolute atomic E-state index is 12.8. The molecule has 0 aliphatic heterocycles. The molecule has 0 saturated carbocycles. The summed E-state index contributed by atoms with van der Waals surface area (Å²) in [5.41, 5.74) is 1.66. The zero-order valence-electron chi connectivity index (χ0n) is 19.1. The van der Waals surface area contributed by atoms with Crippen molar-refractivity contribution < 1.29 is 23.9 Å². The molecule has 2 amide bonds. The van der Waals surface area contributed by atoms with Crippen molar-refractivity contribution >= 4 is 40.9 Å². The molecule has 9 heteroatoms. The molecule has 0 bridgehead atoms. The molecule has 0 radical (unpaired) electrons. The van der Waals surface area contributed by atoms with Crippen molar-refractivity contribution in [3.05, 3.63) is 83.9 Å². The maximum atomic E-state index is 12.8. The van der Waals surface area contributed by atoms with Gasteiger partial charge in [0.25, 0.3) is 5.91 Å². The molecule has 1 atom stereocenters. The second-order valence-corrected chi connectivity index (χ2v) is 8.28. The molecule has 0 unspecified atom stereocenters. The smallest absolute Gasteiger partial charge is 0.340 e. The molecular formula is C26H23N3O5S. The highest BCUT2D eigenvalue weighted by molar-refractivity contribution is 8.00. The predicted octanol–water partition coefficient (Wildman–Crippen LogP) is 4.48. The van der Waals surface area contributed by atoms with E-state index in [4.69, 9.17) is 14.7 Å². The highest BCUT2D eigenvalue weighted by atomic mass is 32.2. The van der Waals surface area contributed by atoms with Gasteiger partial charge in [0, 0.05) is 10.6 Å². The molecule has 178 valence electrons. The number of benzene rings is 3. The molecule has 2 N–H and O–H groups in total. The van der Waals surface area contributed by atoms with Crippen molar-refractivity contribution in [2.45, 2.75) is 17.9 Å². The molecule has 0 aliphatic carbocycles. The molecule has 35 heavy (non-hydrogen) atoms. The van der Waals surface area contributed by atoms with E-state index in [1.54, 1.807) is 72.8 Å². The van der Waals surface area contributed by atoms with Crippen LogP contribution in [0.5, 0.6) is 5.75 Å². The lowest BCUT2D eigenvalue weighted by Gasteiger charge is -2.16. The van der Waals surface area contributed by atoms with Gasteiger partial charge in [-0.25, -0.2) is 4.79 Å². The van der Waals surface area contributed by atoms with Gasteiger partial charge < -0.3 is 20.1 Å². The summed E-state index contributed by atoms with van der Waals surface area (Å²) in [5, 5.41) is 14.4. The van der Waals surface area contributed by atoms with Crippen LogP contribution in [-0.4, -0.2) is 36.8 Å². The fourth-order valence-electron chi connectivity index (χ4n) is 3.03. The van der Waals surface area contributed by atoms with E-state index in [1.807, 2.05) is 6.07 Å². The third kappa shape index (κ3) is 7.09. The summed E-state index contributed by atoms with van der Waals surface area (Å²) in [6.45, 7) is 1.47. The number of carbonyl (C=O) groups excluding carboxylic acids is 3. The van der Waals surface area contributed by atoms with E-state index in [9.17, 15) is 14.4 Å². The van der Waals surface area contributed by atoms with Gasteiger partial charge in [-0.2, -0.15) is 5.26 Å². The Balaban J connectivity index is 1.60. The average molecular weight is 490 g/mol. The molecule has 8 nitrogen and oxygen atoms in total. The molecule has 0 heterocycles. The fraction of sp³-hybridized carbons (Fsp3) is 0.154. The van der Waals surface area contributed by atoms with Crippen molar-refractivity contribution in [2.75, 3.05) is 23.5 Å². The van der Waals surface area contributed by atoms with E-state index in [-0.39, 0.29) is 17.2 Å². The van der Waals surface area contributed by atoms with Crippen LogP contribution < -0.4 is 15.4 Å². The average Bonchev–Trinajstić information content (AvgIpc) is 2.88. The number of anilines is 2. The minimum Gasteiger partial charge on any atom is -0.495 e. The lowest BCUT2D eigenvalue weighted by atomic mass is 10.2. The monoisotopic (exact) mass is 489 g/mol. The molecule has 3 rings (SSSR count). The summed E-state index contributed by atoms with van der Waals surface area (Å²) in [6, 6.07) is 22.2. The lowest BCUT2D eigenvalue weighted by Crippen LogP contribution is -2.30. The van der Waals surface area contributed by atoms with Crippen molar-refractivity contribution in [2.24, 2.45) is 0 Å². The molecule has 0 saturated heterocycles. The van der Waals surface area contributed by atoms with Crippen LogP contribution in [0, 0.1) is 11.3 Å². The quantitative estimate of drug-likeness (QED) is 0.336. The number of hydrogen-bond donors (Lipinski definition) is 2. The van der Waals surface area contributed by atoms with Gasteiger partial charge >= 0.3 is 5.97 Å². The number of nitrogens with zero attached hydrogens (tertiary/aromatic N) is 1. The third-order valence-corrected chi connectivity index (χ3v) is 5.83. The lowest BCUT2D eigenvalue weighted by molar-refractivity contribution is -0.123. The summed E-state index contributed by atoms with van der Waals surface area (Å²) >= 11 is 1.16. The van der Waals surface area contributed by atoms with Crippen LogP contribution in [0.25, 0.3) is 0 Å². The maximum Gasteiger partial charge on any atom is 0.340 e. The van der Waals surface area contributed by atoms with Crippen LogP contribution in [-0.2, 0) is 14.3 Å². The highest BCUT2D eigenvalue weighted by Gasteiger charge is 2.22. The first kappa shape index (κ1) is 25.3. The van der Waals surface area contributed by atoms with Gasteiger partial charge in [-0.3, -0.25) is 9.59 Å². The van der Waals surface area contributed by atoms with E-state index in [2.05, 4.69) is 10.6 Å². The number of methoxy groups -OCH3 is 1. The van der Waals surface area contributed by atoms with Crippen LogP contribution in [0.3, 0.4) is 0 Å². The molecular weight excluding hydrogens is 466 g/mol. The Labute approximate surface area is 207 Å². The Morgan fingerprint density at radius 2 is 1.74 bits per heavy atom. The Hall–Kier alpha value is -4.29. The Bertz CT molecular complexity index is 1270. The van der Waals surface area contributed by atoms with Gasteiger partial charge in [0.15, 0.2) is 6.10 Å². The van der Waals surface area contributed by atoms with Gasteiger partial charge in [0.2, 0.25) is 5.91 Å². The summed E-state index contributed by atoms with van der Waals surface area (Å²) < 4.78 is 10.6. The number of amides is 2. The molecule has 0 fully saturated rings. The van der Waals surface area contributed by atoms with Crippen molar-refractivity contribution in [3.8, 4) is 11.8 Å². The van der Waals surface area contributed by atoms with Gasteiger partial charge in [-0.05, 0) is 49.4 Å². The van der Waals surface area contributed by atoms with E-state index in [1.165, 1.54) is 14.0 Å². The van der Waals surface area contributed by atoms with Crippen LogP contribution in [0.15, 0.2) is 77.7 Å².